The zero-order chi connectivity index (χ0) is 13.5. The van der Waals surface area contributed by atoms with E-state index in [0.29, 0.717) is 5.88 Å². The van der Waals surface area contributed by atoms with Crippen molar-refractivity contribution < 1.29 is 4.74 Å². The Hall–Kier alpha value is -1.38. The van der Waals surface area contributed by atoms with Crippen molar-refractivity contribution in [3.05, 3.63) is 11.8 Å². The topological polar surface area (TPSA) is 38.3 Å². The summed E-state index contributed by atoms with van der Waals surface area (Å²) >= 11 is 1.18. The molecule has 1 aliphatic rings. The molecule has 0 N–H and O–H groups in total. The second-order valence-electron chi connectivity index (χ2n) is 4.66. The highest BCUT2D eigenvalue weighted by Gasteiger charge is 2.18. The molecule has 0 aliphatic carbocycles. The van der Waals surface area contributed by atoms with Crippen molar-refractivity contribution in [2.75, 3.05) is 20.1 Å². The van der Waals surface area contributed by atoms with Crippen LogP contribution in [0.3, 0.4) is 0 Å². The van der Waals surface area contributed by atoms with E-state index < -0.39 is 0 Å². The van der Waals surface area contributed by atoms with Gasteiger partial charge in [0.25, 0.3) is 5.88 Å². The molecule has 1 aromatic rings. The van der Waals surface area contributed by atoms with Gasteiger partial charge in [-0.1, -0.05) is 25.3 Å². The summed E-state index contributed by atoms with van der Waals surface area (Å²) in [4.78, 5) is 2.27. The molecule has 1 aliphatic heterocycles. The first-order valence-electron chi connectivity index (χ1n) is 6.66. The van der Waals surface area contributed by atoms with Crippen LogP contribution in [0.2, 0.25) is 0 Å². The molecule has 0 unspecified atom stereocenters. The van der Waals surface area contributed by atoms with Crippen LogP contribution in [-0.4, -0.2) is 33.8 Å². The first-order chi connectivity index (χ1) is 9.31. The molecule has 0 saturated heterocycles. The molecule has 0 saturated carbocycles. The number of hydrogen-bond acceptors (Lipinski definition) is 5. The predicted octanol–water partition coefficient (Wildman–Crippen LogP) is 2.79. The fourth-order valence-corrected chi connectivity index (χ4v) is 2.43. The van der Waals surface area contributed by atoms with Crippen LogP contribution in [0.5, 0.6) is 5.88 Å². The Kier molecular flexibility index (Phi) is 5.37. The summed E-state index contributed by atoms with van der Waals surface area (Å²) in [5, 5.41) is 0. The first-order valence-corrected chi connectivity index (χ1v) is 7.39. The van der Waals surface area contributed by atoms with Crippen LogP contribution in [0.1, 0.15) is 38.3 Å². The smallest absolute Gasteiger partial charge is 0.269 e. The van der Waals surface area contributed by atoms with Crippen LogP contribution in [0, 0.1) is 12.0 Å². The lowest BCUT2D eigenvalue weighted by Gasteiger charge is -2.21. The van der Waals surface area contributed by atoms with Crippen molar-refractivity contribution >= 4 is 17.3 Å². The van der Waals surface area contributed by atoms with E-state index in [1.807, 2.05) is 0 Å². The zero-order valence-electron chi connectivity index (χ0n) is 11.5. The van der Waals surface area contributed by atoms with Gasteiger partial charge >= 0.3 is 0 Å². The number of rotatable bonds is 4. The van der Waals surface area contributed by atoms with Gasteiger partial charge in [0.1, 0.15) is 11.8 Å². The van der Waals surface area contributed by atoms with Crippen LogP contribution in [0.4, 0.5) is 0 Å². The van der Waals surface area contributed by atoms with Gasteiger partial charge in [-0.25, -0.2) is 0 Å². The maximum Gasteiger partial charge on any atom is 0.269 e. The summed E-state index contributed by atoms with van der Waals surface area (Å²) in [6.07, 6.45) is 9.12. The Labute approximate surface area is 118 Å². The molecule has 102 valence electrons. The third-order valence-electron chi connectivity index (χ3n) is 2.98. The number of aromatic nitrogens is 2. The van der Waals surface area contributed by atoms with Crippen molar-refractivity contribution in [1.29, 1.82) is 0 Å². The lowest BCUT2D eigenvalue weighted by atomic mass is 10.1. The molecule has 0 amide bonds. The molecule has 0 radical (unpaired) electrons. The summed E-state index contributed by atoms with van der Waals surface area (Å²) in [6.45, 7) is 4.14. The first kappa shape index (κ1) is 14.0. The number of hydrogen-bond donors (Lipinski definition) is 0. The second kappa shape index (κ2) is 7.27. The van der Waals surface area contributed by atoms with E-state index in [4.69, 9.17) is 4.74 Å². The second-order valence-corrected chi connectivity index (χ2v) is 5.19. The fraction of sp³-hybridized carbons (Fsp3) is 0.571. The SMILES string of the molecule is CCCCC#COc1nsnc1C1=CCCN(C)C1. The number of likely N-dealkylation sites (N-methyl/N-ethyl adjacent to an activating group) is 1. The van der Waals surface area contributed by atoms with E-state index in [1.54, 1.807) is 0 Å². The van der Waals surface area contributed by atoms with Crippen molar-refractivity contribution in [3.63, 3.8) is 0 Å². The van der Waals surface area contributed by atoms with E-state index in [2.05, 4.69) is 45.7 Å². The average molecular weight is 277 g/mol. The normalized spacial score (nSPS) is 15.6. The van der Waals surface area contributed by atoms with E-state index in [0.717, 1.165) is 44.5 Å². The van der Waals surface area contributed by atoms with Crippen molar-refractivity contribution in [2.45, 2.75) is 32.6 Å². The van der Waals surface area contributed by atoms with Gasteiger partial charge in [0.15, 0.2) is 0 Å². The van der Waals surface area contributed by atoms with Gasteiger partial charge < -0.3 is 9.64 Å². The fourth-order valence-electron chi connectivity index (χ4n) is 1.91. The van der Waals surface area contributed by atoms with E-state index >= 15 is 0 Å². The predicted molar refractivity (Wildman–Crippen MR) is 77.9 cm³/mol. The van der Waals surface area contributed by atoms with Crippen LogP contribution in [0.15, 0.2) is 6.08 Å². The van der Waals surface area contributed by atoms with E-state index in [9.17, 15) is 0 Å². The van der Waals surface area contributed by atoms with Gasteiger partial charge in [-0.3, -0.25) is 0 Å². The number of unbranched alkanes of at least 4 members (excludes halogenated alkanes) is 2. The molecule has 2 heterocycles. The molecule has 5 heteroatoms. The number of nitrogens with zero attached hydrogens (tertiary/aromatic N) is 3. The van der Waals surface area contributed by atoms with E-state index in [-0.39, 0.29) is 0 Å². The highest BCUT2D eigenvalue weighted by molar-refractivity contribution is 6.99. The summed E-state index contributed by atoms with van der Waals surface area (Å²) in [6, 6.07) is 0. The third kappa shape index (κ3) is 4.05. The Morgan fingerprint density at radius 3 is 3.16 bits per heavy atom. The van der Waals surface area contributed by atoms with Crippen molar-refractivity contribution in [3.8, 4) is 17.9 Å². The average Bonchev–Trinajstić information content (AvgIpc) is 2.87. The monoisotopic (exact) mass is 277 g/mol. The molecule has 0 bridgehead atoms. The van der Waals surface area contributed by atoms with Gasteiger partial charge in [-0.15, -0.1) is 4.37 Å². The minimum atomic E-state index is 0.551. The zero-order valence-corrected chi connectivity index (χ0v) is 12.3. The van der Waals surface area contributed by atoms with Gasteiger partial charge in [0.2, 0.25) is 0 Å². The molecule has 4 nitrogen and oxygen atoms in total. The molecule has 19 heavy (non-hydrogen) atoms. The quantitative estimate of drug-likeness (QED) is 0.626. The van der Waals surface area contributed by atoms with Gasteiger partial charge in [0, 0.05) is 19.5 Å². The Morgan fingerprint density at radius 1 is 1.47 bits per heavy atom. The van der Waals surface area contributed by atoms with Crippen molar-refractivity contribution in [2.24, 2.45) is 0 Å². The molecular formula is C14H19N3OS. The Morgan fingerprint density at radius 2 is 2.37 bits per heavy atom. The van der Waals surface area contributed by atoms with Gasteiger partial charge in [-0.2, -0.15) is 4.37 Å². The minimum Gasteiger partial charge on any atom is -0.384 e. The standard InChI is InChI=1S/C14H19N3OS/c1-3-4-5-6-10-18-14-13(15-19-16-14)12-8-7-9-17(2)11-12/h8H,3-5,7,9,11H2,1-2H3. The molecule has 0 spiro atoms. The van der Waals surface area contributed by atoms with E-state index in [1.165, 1.54) is 17.3 Å². The molecule has 2 rings (SSSR count). The molecule has 1 aromatic heterocycles. The molecular weight excluding hydrogens is 258 g/mol. The number of ether oxygens (including phenoxy) is 1. The van der Waals surface area contributed by atoms with Crippen molar-refractivity contribution in [1.82, 2.24) is 13.6 Å². The highest BCUT2D eigenvalue weighted by atomic mass is 32.1. The molecule has 0 aromatic carbocycles. The maximum atomic E-state index is 5.43. The maximum absolute atomic E-state index is 5.43. The summed E-state index contributed by atoms with van der Waals surface area (Å²) in [5.41, 5.74) is 2.04. The third-order valence-corrected chi connectivity index (χ3v) is 3.49. The highest BCUT2D eigenvalue weighted by Crippen LogP contribution is 2.26. The van der Waals surface area contributed by atoms with Crippen LogP contribution < -0.4 is 4.74 Å². The summed E-state index contributed by atoms with van der Waals surface area (Å²) < 4.78 is 13.9. The van der Waals surface area contributed by atoms with Crippen LogP contribution in [-0.2, 0) is 0 Å². The van der Waals surface area contributed by atoms with Crippen LogP contribution >= 0.6 is 11.7 Å². The lowest BCUT2D eigenvalue weighted by molar-refractivity contribution is 0.372. The Bertz CT molecular complexity index is 498. The largest absolute Gasteiger partial charge is 0.384 e. The summed E-state index contributed by atoms with van der Waals surface area (Å²) in [5.74, 6) is 3.55. The van der Waals surface area contributed by atoms with Gasteiger partial charge in [-0.05, 0) is 25.5 Å². The minimum absolute atomic E-state index is 0.551. The molecule has 0 fully saturated rings. The summed E-state index contributed by atoms with van der Waals surface area (Å²) in [7, 11) is 2.11. The van der Waals surface area contributed by atoms with Gasteiger partial charge in [0.05, 0.1) is 11.7 Å². The molecule has 0 atom stereocenters. The Balaban J connectivity index is 2.01. The lowest BCUT2D eigenvalue weighted by Crippen LogP contribution is -2.25. The van der Waals surface area contributed by atoms with Crippen LogP contribution in [0.25, 0.3) is 5.57 Å².